The molecule has 1 aliphatic rings. The summed E-state index contributed by atoms with van der Waals surface area (Å²) in [7, 11) is 0. The van der Waals surface area contributed by atoms with Gasteiger partial charge in [0.25, 0.3) is 0 Å². The molecule has 0 radical (unpaired) electrons. The third-order valence-corrected chi connectivity index (χ3v) is 4.00. The maximum atomic E-state index is 11.3. The first-order chi connectivity index (χ1) is 11.2. The Hall–Kier alpha value is -2.71. The monoisotopic (exact) mass is 306 g/mol. The van der Waals surface area contributed by atoms with E-state index in [1.807, 2.05) is 24.3 Å². The molecule has 0 atom stereocenters. The highest BCUT2D eigenvalue weighted by Crippen LogP contribution is 2.27. The number of nitrogens with one attached hydrogen (secondary N) is 1. The van der Waals surface area contributed by atoms with Crippen LogP contribution in [0, 0.1) is 11.3 Å². The average molecular weight is 306 g/mol. The van der Waals surface area contributed by atoms with Crippen molar-refractivity contribution in [3.63, 3.8) is 0 Å². The van der Waals surface area contributed by atoms with Crippen molar-refractivity contribution in [1.82, 2.24) is 9.88 Å². The summed E-state index contributed by atoms with van der Waals surface area (Å²) in [4.78, 5) is 17.7. The fourth-order valence-corrected chi connectivity index (χ4v) is 3.00. The number of rotatable bonds is 3. The minimum Gasteiger partial charge on any atom is -0.326 e. The molecule has 0 spiro atoms. The van der Waals surface area contributed by atoms with Crippen LogP contribution < -0.4 is 5.32 Å². The highest BCUT2D eigenvalue weighted by molar-refractivity contribution is 5.89. The van der Waals surface area contributed by atoms with Crippen LogP contribution >= 0.6 is 0 Å². The second-order valence-electron chi connectivity index (χ2n) is 5.75. The zero-order valence-corrected chi connectivity index (χ0v) is 13.0. The lowest BCUT2D eigenvalue weighted by molar-refractivity contribution is -0.114. The number of anilines is 1. The largest absolute Gasteiger partial charge is 0.326 e. The molecule has 23 heavy (non-hydrogen) atoms. The van der Waals surface area contributed by atoms with Gasteiger partial charge in [-0.05, 0) is 41.3 Å². The average Bonchev–Trinajstić information content (AvgIpc) is 2.54. The molecule has 0 saturated carbocycles. The SMILES string of the molecule is CC(=O)Nc1cccc2c1CCN(Cc1ccnc(C#N)c1)C2. The molecule has 0 unspecified atom stereocenters. The summed E-state index contributed by atoms with van der Waals surface area (Å²) >= 11 is 0. The second-order valence-corrected chi connectivity index (χ2v) is 5.75. The number of carbonyl (C=O) groups is 1. The third-order valence-electron chi connectivity index (χ3n) is 4.00. The van der Waals surface area contributed by atoms with E-state index in [1.165, 1.54) is 18.1 Å². The van der Waals surface area contributed by atoms with E-state index in [1.54, 1.807) is 6.20 Å². The summed E-state index contributed by atoms with van der Waals surface area (Å²) < 4.78 is 0. The number of nitrogens with zero attached hydrogens (tertiary/aromatic N) is 3. The van der Waals surface area contributed by atoms with Crippen LogP contribution in [0.15, 0.2) is 36.5 Å². The predicted molar refractivity (Wildman–Crippen MR) is 87.5 cm³/mol. The number of aromatic nitrogens is 1. The number of fused-ring (bicyclic) bond motifs is 1. The Morgan fingerprint density at radius 1 is 1.43 bits per heavy atom. The minimum atomic E-state index is -0.0401. The number of carbonyl (C=O) groups excluding carboxylic acids is 1. The molecule has 3 rings (SSSR count). The molecular formula is C18H18N4O. The first-order valence-electron chi connectivity index (χ1n) is 7.61. The van der Waals surface area contributed by atoms with Gasteiger partial charge in [-0.2, -0.15) is 5.26 Å². The Bertz CT molecular complexity index is 779. The fourth-order valence-electron chi connectivity index (χ4n) is 3.00. The van der Waals surface area contributed by atoms with Gasteiger partial charge in [0.1, 0.15) is 11.8 Å². The van der Waals surface area contributed by atoms with Gasteiger partial charge in [-0.1, -0.05) is 12.1 Å². The van der Waals surface area contributed by atoms with Crippen LogP contribution in [-0.4, -0.2) is 22.3 Å². The number of amides is 1. The Kier molecular flexibility index (Phi) is 4.35. The molecular weight excluding hydrogens is 288 g/mol. The van der Waals surface area contributed by atoms with Crippen molar-refractivity contribution >= 4 is 11.6 Å². The zero-order chi connectivity index (χ0) is 16.2. The summed E-state index contributed by atoms with van der Waals surface area (Å²) in [6, 6.07) is 11.9. The molecule has 116 valence electrons. The molecule has 5 heteroatoms. The van der Waals surface area contributed by atoms with Crippen LogP contribution in [0.4, 0.5) is 5.69 Å². The van der Waals surface area contributed by atoms with Crippen LogP contribution in [0.1, 0.15) is 29.3 Å². The third kappa shape index (κ3) is 3.55. The molecule has 2 heterocycles. The van der Waals surface area contributed by atoms with Gasteiger partial charge in [0.15, 0.2) is 0 Å². The Balaban J connectivity index is 1.75. The van der Waals surface area contributed by atoms with Crippen molar-refractivity contribution in [1.29, 1.82) is 5.26 Å². The van der Waals surface area contributed by atoms with Gasteiger partial charge >= 0.3 is 0 Å². The Morgan fingerprint density at radius 2 is 2.30 bits per heavy atom. The van der Waals surface area contributed by atoms with Gasteiger partial charge in [-0.3, -0.25) is 9.69 Å². The maximum Gasteiger partial charge on any atom is 0.221 e. The van der Waals surface area contributed by atoms with Gasteiger partial charge in [0.05, 0.1) is 0 Å². The van der Waals surface area contributed by atoms with Crippen LogP contribution in [0.3, 0.4) is 0 Å². The number of hydrogen-bond donors (Lipinski definition) is 1. The second kappa shape index (κ2) is 6.59. The van der Waals surface area contributed by atoms with E-state index in [-0.39, 0.29) is 5.91 Å². The summed E-state index contributed by atoms with van der Waals surface area (Å²) in [5, 5.41) is 11.9. The first-order valence-corrected chi connectivity index (χ1v) is 7.61. The van der Waals surface area contributed by atoms with Gasteiger partial charge in [-0.15, -0.1) is 0 Å². The molecule has 1 amide bonds. The molecule has 5 nitrogen and oxygen atoms in total. The van der Waals surface area contributed by atoms with Crippen molar-refractivity contribution in [2.45, 2.75) is 26.4 Å². The molecule has 0 bridgehead atoms. The molecule has 1 aromatic carbocycles. The van der Waals surface area contributed by atoms with Gasteiger partial charge in [-0.25, -0.2) is 4.98 Å². The number of pyridine rings is 1. The normalized spacial score (nSPS) is 13.9. The molecule has 0 fully saturated rings. The summed E-state index contributed by atoms with van der Waals surface area (Å²) in [5.74, 6) is -0.0401. The highest BCUT2D eigenvalue weighted by Gasteiger charge is 2.19. The molecule has 0 aliphatic carbocycles. The molecule has 1 aromatic heterocycles. The van der Waals surface area contributed by atoms with Crippen molar-refractivity contribution in [3.8, 4) is 6.07 Å². The summed E-state index contributed by atoms with van der Waals surface area (Å²) in [5.41, 5.74) is 4.94. The number of hydrogen-bond acceptors (Lipinski definition) is 4. The van der Waals surface area contributed by atoms with Gasteiger partial charge in [0.2, 0.25) is 5.91 Å². The predicted octanol–water partition coefficient (Wildman–Crippen LogP) is 2.47. The first kappa shape index (κ1) is 15.2. The van der Waals surface area contributed by atoms with Crippen molar-refractivity contribution < 1.29 is 4.79 Å². The van der Waals surface area contributed by atoms with Gasteiger partial charge in [0, 0.05) is 38.4 Å². The van der Waals surface area contributed by atoms with Gasteiger partial charge < -0.3 is 5.32 Å². The van der Waals surface area contributed by atoms with E-state index < -0.39 is 0 Å². The minimum absolute atomic E-state index is 0.0401. The smallest absolute Gasteiger partial charge is 0.221 e. The summed E-state index contributed by atoms with van der Waals surface area (Å²) in [6.45, 7) is 4.09. The van der Waals surface area contributed by atoms with E-state index >= 15 is 0 Å². The fraction of sp³-hybridized carbons (Fsp3) is 0.278. The molecule has 0 saturated heterocycles. The van der Waals surface area contributed by atoms with E-state index in [2.05, 4.69) is 27.3 Å². The maximum absolute atomic E-state index is 11.3. The molecule has 1 aliphatic heterocycles. The van der Waals surface area contributed by atoms with E-state index in [9.17, 15) is 4.79 Å². The molecule has 2 aromatic rings. The van der Waals surface area contributed by atoms with E-state index in [4.69, 9.17) is 5.26 Å². The van der Waals surface area contributed by atoms with Crippen molar-refractivity contribution in [3.05, 3.63) is 58.9 Å². The topological polar surface area (TPSA) is 69.0 Å². The Labute approximate surface area is 135 Å². The highest BCUT2D eigenvalue weighted by atomic mass is 16.1. The lowest BCUT2D eigenvalue weighted by atomic mass is 9.97. The van der Waals surface area contributed by atoms with Crippen molar-refractivity contribution in [2.75, 3.05) is 11.9 Å². The number of benzene rings is 1. The lowest BCUT2D eigenvalue weighted by Gasteiger charge is -2.30. The number of nitriles is 1. The quantitative estimate of drug-likeness (QED) is 0.946. The lowest BCUT2D eigenvalue weighted by Crippen LogP contribution is -2.30. The van der Waals surface area contributed by atoms with Crippen LogP contribution in [0.25, 0.3) is 0 Å². The standard InChI is InChI=1S/C18H18N4O/c1-13(23)21-18-4-2-3-15-12-22(8-6-17(15)18)11-14-5-7-20-16(9-14)10-19/h2-5,7,9H,6,8,11-12H2,1H3,(H,21,23). The van der Waals surface area contributed by atoms with Crippen molar-refractivity contribution in [2.24, 2.45) is 0 Å². The van der Waals surface area contributed by atoms with Crippen LogP contribution in [-0.2, 0) is 24.3 Å². The Morgan fingerprint density at radius 3 is 3.09 bits per heavy atom. The van der Waals surface area contributed by atoms with Crippen LogP contribution in [0.5, 0.6) is 0 Å². The van der Waals surface area contributed by atoms with E-state index in [0.29, 0.717) is 5.69 Å². The molecule has 1 N–H and O–H groups in total. The summed E-state index contributed by atoms with van der Waals surface area (Å²) in [6.07, 6.45) is 2.59. The zero-order valence-electron chi connectivity index (χ0n) is 13.0. The van der Waals surface area contributed by atoms with Crippen LogP contribution in [0.2, 0.25) is 0 Å². The van der Waals surface area contributed by atoms with E-state index in [0.717, 1.165) is 37.3 Å².